The lowest BCUT2D eigenvalue weighted by Crippen LogP contribution is -2.33. The fourth-order valence-electron chi connectivity index (χ4n) is 1.55. The summed E-state index contributed by atoms with van der Waals surface area (Å²) in [6, 6.07) is 0. The summed E-state index contributed by atoms with van der Waals surface area (Å²) in [5, 5.41) is 0. The van der Waals surface area contributed by atoms with Crippen LogP contribution in [0.3, 0.4) is 0 Å². The van der Waals surface area contributed by atoms with Gasteiger partial charge in [0, 0.05) is 18.2 Å². The molecule has 0 fully saturated rings. The van der Waals surface area contributed by atoms with Crippen molar-refractivity contribution in [2.45, 2.75) is 26.5 Å². The fourth-order valence-corrected chi connectivity index (χ4v) is 1.55. The number of hydrogen-bond acceptors (Lipinski definition) is 3. The Morgan fingerprint density at radius 1 is 1.47 bits per heavy atom. The Kier molecular flexibility index (Phi) is 2.22. The monoisotopic (exact) mass is 208 g/mol. The van der Waals surface area contributed by atoms with E-state index in [1.54, 1.807) is 6.92 Å². The second kappa shape index (κ2) is 3.42. The fraction of sp³-hybridized carbons (Fsp3) is 0.400. The van der Waals surface area contributed by atoms with E-state index in [2.05, 4.69) is 4.98 Å². The number of ether oxygens (including phenoxy) is 1. The summed E-state index contributed by atoms with van der Waals surface area (Å²) < 4.78 is 6.83. The molecule has 0 radical (unpaired) electrons. The van der Waals surface area contributed by atoms with E-state index in [9.17, 15) is 9.59 Å². The van der Waals surface area contributed by atoms with Gasteiger partial charge in [-0.05, 0) is 19.9 Å². The Morgan fingerprint density at radius 3 is 2.80 bits per heavy atom. The Balaban J connectivity index is 2.42. The summed E-state index contributed by atoms with van der Waals surface area (Å²) in [5.41, 5.74) is -0.277. The number of allylic oxidation sites excluding steroid dienone is 1. The quantitative estimate of drug-likeness (QED) is 0.737. The summed E-state index contributed by atoms with van der Waals surface area (Å²) in [7, 11) is 0. The second-order valence-electron chi connectivity index (χ2n) is 3.60. The van der Waals surface area contributed by atoms with Crippen LogP contribution in [0.15, 0.2) is 27.6 Å². The van der Waals surface area contributed by atoms with Crippen molar-refractivity contribution < 1.29 is 4.74 Å². The molecule has 0 saturated carbocycles. The maximum atomic E-state index is 11.5. The average Bonchev–Trinajstić information content (AvgIpc) is 2.58. The van der Waals surface area contributed by atoms with E-state index in [1.807, 2.05) is 13.0 Å². The summed E-state index contributed by atoms with van der Waals surface area (Å²) >= 11 is 0. The summed E-state index contributed by atoms with van der Waals surface area (Å²) in [6.45, 7) is 3.49. The van der Waals surface area contributed by atoms with Gasteiger partial charge in [0.25, 0.3) is 5.56 Å². The number of H-pyrrole nitrogens is 1. The first kappa shape index (κ1) is 9.76. The number of rotatable bonds is 1. The highest BCUT2D eigenvalue weighted by molar-refractivity contribution is 5.04. The first-order valence-corrected chi connectivity index (χ1v) is 4.73. The first-order chi connectivity index (χ1) is 7.08. The summed E-state index contributed by atoms with van der Waals surface area (Å²) in [4.78, 5) is 24.9. The second-order valence-corrected chi connectivity index (χ2v) is 3.60. The lowest BCUT2D eigenvalue weighted by atomic mass is 10.3. The van der Waals surface area contributed by atoms with Gasteiger partial charge in [-0.15, -0.1) is 0 Å². The molecule has 1 aromatic heterocycles. The molecule has 1 N–H and O–H groups in total. The maximum absolute atomic E-state index is 11.5. The van der Waals surface area contributed by atoms with Crippen LogP contribution < -0.4 is 11.2 Å². The van der Waals surface area contributed by atoms with E-state index >= 15 is 0 Å². The van der Waals surface area contributed by atoms with Gasteiger partial charge < -0.3 is 4.74 Å². The molecule has 0 unspecified atom stereocenters. The Bertz CT molecular complexity index is 524. The lowest BCUT2D eigenvalue weighted by Gasteiger charge is -2.14. The Hall–Kier alpha value is -1.78. The molecule has 15 heavy (non-hydrogen) atoms. The summed E-state index contributed by atoms with van der Waals surface area (Å²) in [6.07, 6.45) is 3.76. The van der Waals surface area contributed by atoms with E-state index in [-0.39, 0.29) is 11.8 Å². The van der Waals surface area contributed by atoms with Crippen molar-refractivity contribution in [2.75, 3.05) is 0 Å². The molecule has 0 saturated heterocycles. The van der Waals surface area contributed by atoms with Gasteiger partial charge in [0.05, 0.1) is 5.76 Å². The number of hydrogen-bond donors (Lipinski definition) is 1. The van der Waals surface area contributed by atoms with Crippen LogP contribution in [0.4, 0.5) is 0 Å². The van der Waals surface area contributed by atoms with Crippen molar-refractivity contribution in [3.8, 4) is 0 Å². The van der Waals surface area contributed by atoms with Crippen LogP contribution in [0.2, 0.25) is 0 Å². The number of nitrogens with one attached hydrogen (secondary N) is 1. The highest BCUT2D eigenvalue weighted by Gasteiger charge is 2.18. The van der Waals surface area contributed by atoms with Gasteiger partial charge in [-0.3, -0.25) is 14.3 Å². The Morgan fingerprint density at radius 2 is 2.20 bits per heavy atom. The predicted molar refractivity (Wildman–Crippen MR) is 54.6 cm³/mol. The molecule has 2 rings (SSSR count). The zero-order chi connectivity index (χ0) is 11.0. The van der Waals surface area contributed by atoms with Crippen LogP contribution in [0.1, 0.15) is 25.1 Å². The SMILES string of the molecule is CC1=CC[C@H](n2cc(C)c(=O)[nH]c2=O)O1. The molecular formula is C10H12N2O3. The number of aryl methyl sites for hydroxylation is 1. The Labute approximate surface area is 86.0 Å². The van der Waals surface area contributed by atoms with Crippen molar-refractivity contribution in [1.29, 1.82) is 0 Å². The highest BCUT2D eigenvalue weighted by atomic mass is 16.5. The molecule has 1 atom stereocenters. The molecule has 0 amide bonds. The number of aromatic nitrogens is 2. The maximum Gasteiger partial charge on any atom is 0.331 e. The molecule has 0 bridgehead atoms. The van der Waals surface area contributed by atoms with Crippen molar-refractivity contribution in [1.82, 2.24) is 9.55 Å². The highest BCUT2D eigenvalue weighted by Crippen LogP contribution is 2.23. The minimum absolute atomic E-state index is 0.326. The van der Waals surface area contributed by atoms with E-state index < -0.39 is 5.69 Å². The number of nitrogens with zero attached hydrogens (tertiary/aromatic N) is 1. The largest absolute Gasteiger partial charge is 0.475 e. The van der Waals surface area contributed by atoms with E-state index in [1.165, 1.54) is 10.8 Å². The van der Waals surface area contributed by atoms with Crippen LogP contribution in [0.5, 0.6) is 0 Å². The zero-order valence-corrected chi connectivity index (χ0v) is 8.61. The van der Waals surface area contributed by atoms with Gasteiger partial charge in [0.2, 0.25) is 0 Å². The van der Waals surface area contributed by atoms with Crippen LogP contribution in [0.25, 0.3) is 0 Å². The van der Waals surface area contributed by atoms with E-state index in [0.29, 0.717) is 12.0 Å². The molecule has 0 aliphatic carbocycles. The van der Waals surface area contributed by atoms with E-state index in [0.717, 1.165) is 5.76 Å². The average molecular weight is 208 g/mol. The molecule has 80 valence electrons. The van der Waals surface area contributed by atoms with Crippen molar-refractivity contribution in [3.05, 3.63) is 44.4 Å². The molecule has 5 nitrogen and oxygen atoms in total. The third-order valence-corrected chi connectivity index (χ3v) is 2.38. The normalized spacial score (nSPS) is 19.9. The minimum Gasteiger partial charge on any atom is -0.475 e. The predicted octanol–water partition coefficient (Wildman–Crippen LogP) is 0.668. The van der Waals surface area contributed by atoms with Crippen LogP contribution in [-0.2, 0) is 4.74 Å². The van der Waals surface area contributed by atoms with Crippen molar-refractivity contribution >= 4 is 0 Å². The van der Waals surface area contributed by atoms with Gasteiger partial charge in [0.15, 0.2) is 6.23 Å². The van der Waals surface area contributed by atoms with Crippen LogP contribution in [0, 0.1) is 6.92 Å². The molecular weight excluding hydrogens is 196 g/mol. The third kappa shape index (κ3) is 1.72. The van der Waals surface area contributed by atoms with Crippen LogP contribution in [-0.4, -0.2) is 9.55 Å². The van der Waals surface area contributed by atoms with Gasteiger partial charge in [-0.1, -0.05) is 0 Å². The lowest BCUT2D eigenvalue weighted by molar-refractivity contribution is 0.0790. The molecule has 1 aliphatic rings. The molecule has 1 aliphatic heterocycles. The topological polar surface area (TPSA) is 64.1 Å². The molecule has 0 aromatic carbocycles. The first-order valence-electron chi connectivity index (χ1n) is 4.73. The van der Waals surface area contributed by atoms with Crippen molar-refractivity contribution in [3.63, 3.8) is 0 Å². The zero-order valence-electron chi connectivity index (χ0n) is 8.61. The smallest absolute Gasteiger partial charge is 0.331 e. The minimum atomic E-state index is -0.432. The van der Waals surface area contributed by atoms with Gasteiger partial charge in [0.1, 0.15) is 0 Å². The van der Waals surface area contributed by atoms with Crippen LogP contribution >= 0.6 is 0 Å². The van der Waals surface area contributed by atoms with Crippen molar-refractivity contribution in [2.24, 2.45) is 0 Å². The molecule has 1 aromatic rings. The van der Waals surface area contributed by atoms with Gasteiger partial charge in [-0.25, -0.2) is 4.79 Å². The van der Waals surface area contributed by atoms with Gasteiger partial charge in [-0.2, -0.15) is 0 Å². The summed E-state index contributed by atoms with van der Waals surface area (Å²) in [5.74, 6) is 0.802. The molecule has 5 heteroatoms. The standard InChI is InChI=1S/C10H12N2O3/c1-6-5-12(10(14)11-9(6)13)8-4-3-7(2)15-8/h3,5,8H,4H2,1-2H3,(H,11,13,14)/t8-/m1/s1. The molecule has 2 heterocycles. The third-order valence-electron chi connectivity index (χ3n) is 2.38. The van der Waals surface area contributed by atoms with Gasteiger partial charge >= 0.3 is 5.69 Å². The number of aromatic amines is 1. The molecule has 0 spiro atoms. The van der Waals surface area contributed by atoms with E-state index in [4.69, 9.17) is 4.74 Å².